The summed E-state index contributed by atoms with van der Waals surface area (Å²) >= 11 is 12.0. The molecule has 0 unspecified atom stereocenters. The van der Waals surface area contributed by atoms with Crippen LogP contribution >= 0.6 is 23.2 Å². The van der Waals surface area contributed by atoms with Crippen LogP contribution in [0, 0.1) is 0 Å². The van der Waals surface area contributed by atoms with E-state index < -0.39 is 0 Å². The van der Waals surface area contributed by atoms with Crippen LogP contribution in [0.15, 0.2) is 18.2 Å². The zero-order valence-electron chi connectivity index (χ0n) is 12.0. The number of hydrogen-bond donors (Lipinski definition) is 1. The number of hydrogen-bond acceptors (Lipinski definition) is 6. The van der Waals surface area contributed by atoms with Crippen LogP contribution < -0.4 is 5.73 Å². The topological polar surface area (TPSA) is 99.2 Å². The van der Waals surface area contributed by atoms with E-state index in [9.17, 15) is 4.79 Å². The van der Waals surface area contributed by atoms with E-state index in [0.717, 1.165) is 5.56 Å². The van der Waals surface area contributed by atoms with Gasteiger partial charge in [0.1, 0.15) is 12.6 Å². The number of rotatable bonds is 3. The molecule has 1 aromatic carbocycles. The summed E-state index contributed by atoms with van der Waals surface area (Å²) in [5, 5.41) is 11.6. The minimum atomic E-state index is -0.256. The molecule has 3 rings (SSSR count). The molecular formula is C13H14Cl2N6O2. The number of carbonyl (C=O) groups is 1. The number of halogens is 2. The summed E-state index contributed by atoms with van der Waals surface area (Å²) < 4.78 is 6.99. The van der Waals surface area contributed by atoms with Gasteiger partial charge in [0, 0.05) is 6.54 Å². The van der Waals surface area contributed by atoms with Crippen LogP contribution in [0.1, 0.15) is 11.7 Å². The van der Waals surface area contributed by atoms with Gasteiger partial charge in [-0.25, -0.2) is 4.68 Å². The zero-order valence-corrected chi connectivity index (χ0v) is 13.5. The zero-order chi connectivity index (χ0) is 16.4. The van der Waals surface area contributed by atoms with Crippen molar-refractivity contribution in [3.05, 3.63) is 33.8 Å². The first-order chi connectivity index (χ1) is 11.0. The molecular weight excluding hydrogens is 343 g/mol. The predicted octanol–water partition coefficient (Wildman–Crippen LogP) is 1.16. The van der Waals surface area contributed by atoms with Crippen molar-refractivity contribution in [1.82, 2.24) is 25.1 Å². The first-order valence-corrected chi connectivity index (χ1v) is 7.66. The lowest BCUT2D eigenvalue weighted by atomic mass is 10.1. The first-order valence-electron chi connectivity index (χ1n) is 6.90. The third-order valence-electron chi connectivity index (χ3n) is 3.58. The van der Waals surface area contributed by atoms with Crippen molar-refractivity contribution in [2.45, 2.75) is 12.6 Å². The minimum Gasteiger partial charge on any atom is -0.370 e. The maximum absolute atomic E-state index is 12.4. The Morgan fingerprint density at radius 2 is 2.22 bits per heavy atom. The van der Waals surface area contributed by atoms with Gasteiger partial charge in [-0.3, -0.25) is 4.79 Å². The minimum absolute atomic E-state index is 0.00702. The van der Waals surface area contributed by atoms with Crippen LogP contribution in [0.25, 0.3) is 0 Å². The van der Waals surface area contributed by atoms with Crippen LogP contribution in [0.3, 0.4) is 0 Å². The van der Waals surface area contributed by atoms with Crippen molar-refractivity contribution in [2.24, 2.45) is 0 Å². The van der Waals surface area contributed by atoms with Gasteiger partial charge < -0.3 is 15.4 Å². The standard InChI is InChI=1S/C13H14Cl2N6O2/c14-9-2-1-8(5-10(9)15)11-6-20(3-4-23-11)12(22)7-21-13(16)17-18-19-21/h1-2,5,11H,3-4,6-7H2,(H2,16,17,19)/t11-/m0/s1. The number of nitrogens with two attached hydrogens (primary N) is 1. The lowest BCUT2D eigenvalue weighted by Gasteiger charge is -2.33. The van der Waals surface area contributed by atoms with Gasteiger partial charge in [0.15, 0.2) is 0 Å². The number of benzene rings is 1. The second-order valence-electron chi connectivity index (χ2n) is 5.07. The monoisotopic (exact) mass is 356 g/mol. The van der Waals surface area contributed by atoms with Crippen LogP contribution in [0.5, 0.6) is 0 Å². The van der Waals surface area contributed by atoms with E-state index in [0.29, 0.717) is 29.7 Å². The van der Waals surface area contributed by atoms with E-state index in [4.69, 9.17) is 33.7 Å². The molecule has 2 aromatic rings. The number of anilines is 1. The van der Waals surface area contributed by atoms with Gasteiger partial charge in [0.05, 0.1) is 23.2 Å². The molecule has 0 spiro atoms. The van der Waals surface area contributed by atoms with E-state index in [1.807, 2.05) is 6.07 Å². The number of tetrazole rings is 1. The maximum Gasteiger partial charge on any atom is 0.244 e. The Morgan fingerprint density at radius 1 is 1.39 bits per heavy atom. The number of aromatic nitrogens is 4. The lowest BCUT2D eigenvalue weighted by Crippen LogP contribution is -2.43. The summed E-state index contributed by atoms with van der Waals surface area (Å²) in [6.07, 6.45) is -0.256. The lowest BCUT2D eigenvalue weighted by molar-refractivity contribution is -0.139. The Kier molecular flexibility index (Phi) is 4.65. The molecule has 1 fully saturated rings. The highest BCUT2D eigenvalue weighted by Crippen LogP contribution is 2.29. The summed E-state index contributed by atoms with van der Waals surface area (Å²) in [6.45, 7) is 1.34. The summed E-state index contributed by atoms with van der Waals surface area (Å²) in [6, 6.07) is 5.30. The Hall–Kier alpha value is -1.90. The molecule has 2 heterocycles. The molecule has 122 valence electrons. The second-order valence-corrected chi connectivity index (χ2v) is 5.88. The van der Waals surface area contributed by atoms with Gasteiger partial charge in [-0.1, -0.05) is 34.4 Å². The fourth-order valence-corrected chi connectivity index (χ4v) is 2.65. The second kappa shape index (κ2) is 6.69. The molecule has 1 amide bonds. The number of morpholine rings is 1. The molecule has 23 heavy (non-hydrogen) atoms. The van der Waals surface area contributed by atoms with Crippen LogP contribution in [-0.2, 0) is 16.1 Å². The van der Waals surface area contributed by atoms with E-state index >= 15 is 0 Å². The molecule has 10 heteroatoms. The van der Waals surface area contributed by atoms with Gasteiger partial charge in [0.2, 0.25) is 11.9 Å². The highest BCUT2D eigenvalue weighted by Gasteiger charge is 2.26. The molecule has 1 saturated heterocycles. The molecule has 1 atom stereocenters. The molecule has 1 aliphatic heterocycles. The summed E-state index contributed by atoms with van der Waals surface area (Å²) in [7, 11) is 0. The largest absolute Gasteiger partial charge is 0.370 e. The number of nitrogens with zero attached hydrogens (tertiary/aromatic N) is 5. The van der Waals surface area contributed by atoms with Gasteiger partial charge in [-0.2, -0.15) is 0 Å². The Labute approximate surface area is 142 Å². The molecule has 0 radical (unpaired) electrons. The molecule has 0 aliphatic carbocycles. The van der Waals surface area contributed by atoms with Crippen molar-refractivity contribution in [3.8, 4) is 0 Å². The van der Waals surface area contributed by atoms with Crippen molar-refractivity contribution >= 4 is 35.1 Å². The SMILES string of the molecule is Nc1nnnn1CC(=O)N1CCO[C@H](c2ccc(Cl)c(Cl)c2)C1. The third-order valence-corrected chi connectivity index (χ3v) is 4.32. The van der Waals surface area contributed by atoms with Gasteiger partial charge in [-0.15, -0.1) is 0 Å². The summed E-state index contributed by atoms with van der Waals surface area (Å²) in [5.41, 5.74) is 6.45. The summed E-state index contributed by atoms with van der Waals surface area (Å²) in [4.78, 5) is 14.1. The number of amides is 1. The highest BCUT2D eigenvalue weighted by atomic mass is 35.5. The molecule has 1 aliphatic rings. The number of carbonyl (C=O) groups excluding carboxylic acids is 1. The predicted molar refractivity (Wildman–Crippen MR) is 84.0 cm³/mol. The number of ether oxygens (including phenoxy) is 1. The van der Waals surface area contributed by atoms with Crippen LogP contribution in [0.2, 0.25) is 10.0 Å². The van der Waals surface area contributed by atoms with Crippen molar-refractivity contribution < 1.29 is 9.53 Å². The Balaban J connectivity index is 1.69. The van der Waals surface area contributed by atoms with Gasteiger partial charge >= 0.3 is 0 Å². The fourth-order valence-electron chi connectivity index (χ4n) is 2.34. The van der Waals surface area contributed by atoms with E-state index in [1.165, 1.54) is 4.68 Å². The average molecular weight is 357 g/mol. The van der Waals surface area contributed by atoms with E-state index in [2.05, 4.69) is 15.5 Å². The van der Waals surface area contributed by atoms with Crippen molar-refractivity contribution in [1.29, 1.82) is 0 Å². The van der Waals surface area contributed by atoms with Crippen LogP contribution in [-0.4, -0.2) is 50.7 Å². The van der Waals surface area contributed by atoms with E-state index in [1.54, 1.807) is 17.0 Å². The van der Waals surface area contributed by atoms with Gasteiger partial charge in [0.25, 0.3) is 0 Å². The smallest absolute Gasteiger partial charge is 0.244 e. The van der Waals surface area contributed by atoms with Crippen LogP contribution in [0.4, 0.5) is 5.95 Å². The van der Waals surface area contributed by atoms with Crippen molar-refractivity contribution in [2.75, 3.05) is 25.4 Å². The molecule has 8 nitrogen and oxygen atoms in total. The molecule has 0 bridgehead atoms. The van der Waals surface area contributed by atoms with Crippen molar-refractivity contribution in [3.63, 3.8) is 0 Å². The quantitative estimate of drug-likeness (QED) is 0.885. The molecule has 1 aromatic heterocycles. The molecule has 0 saturated carbocycles. The summed E-state index contributed by atoms with van der Waals surface area (Å²) in [5.74, 6) is -0.0231. The van der Waals surface area contributed by atoms with Gasteiger partial charge in [-0.05, 0) is 28.1 Å². The third kappa shape index (κ3) is 3.54. The highest BCUT2D eigenvalue weighted by molar-refractivity contribution is 6.42. The molecule has 2 N–H and O–H groups in total. The normalized spacial score (nSPS) is 18.2. The fraction of sp³-hybridized carbons (Fsp3) is 0.385. The van der Waals surface area contributed by atoms with E-state index in [-0.39, 0.29) is 24.5 Å². The maximum atomic E-state index is 12.4. The Morgan fingerprint density at radius 3 is 2.91 bits per heavy atom. The first kappa shape index (κ1) is 16.0. The average Bonchev–Trinajstić information content (AvgIpc) is 2.95. The number of nitrogen functional groups attached to an aromatic ring is 1. The Bertz CT molecular complexity index is 722.